The highest BCUT2D eigenvalue weighted by Gasteiger charge is 2.49. The number of aliphatic imine (C=N–C) groups is 1. The molecule has 3 heterocycles. The standard InChI is InChI=1S/C23H28N6O2/c1-3-27-11-13-28(14-12-27)22-24-20-19(21(30)25-23(31)26(20)2)29(22)15-17-9-6-8-16-7-4-5-10-18(16)17/h4-10,19-20H,3,11-15H2,1-2H3,(H,25,30,31). The van der Waals surface area contributed by atoms with Crippen molar-refractivity contribution in [3.63, 3.8) is 0 Å². The van der Waals surface area contributed by atoms with Crippen LogP contribution in [0, 0.1) is 0 Å². The molecule has 0 radical (unpaired) electrons. The third kappa shape index (κ3) is 3.40. The molecule has 0 spiro atoms. The highest BCUT2D eigenvalue weighted by atomic mass is 16.2. The van der Waals surface area contributed by atoms with Crippen molar-refractivity contribution in [2.75, 3.05) is 39.8 Å². The Bertz CT molecular complexity index is 1040. The predicted molar refractivity (Wildman–Crippen MR) is 119 cm³/mol. The number of benzene rings is 2. The van der Waals surface area contributed by atoms with Crippen molar-refractivity contribution in [3.8, 4) is 0 Å². The lowest BCUT2D eigenvalue weighted by atomic mass is 10.0. The van der Waals surface area contributed by atoms with Crippen LogP contribution < -0.4 is 5.32 Å². The molecule has 0 bridgehead atoms. The SMILES string of the molecule is CCN1CCN(C2=NC3C(C(=O)NC(=O)N3C)N2Cc2cccc3ccccc23)CC1. The summed E-state index contributed by atoms with van der Waals surface area (Å²) in [5.74, 6) is 0.537. The van der Waals surface area contributed by atoms with Crippen LogP contribution >= 0.6 is 0 Å². The number of guanidine groups is 1. The van der Waals surface area contributed by atoms with Gasteiger partial charge in [0.2, 0.25) is 0 Å². The zero-order valence-corrected chi connectivity index (χ0v) is 18.0. The number of piperazine rings is 1. The van der Waals surface area contributed by atoms with E-state index in [1.165, 1.54) is 15.7 Å². The van der Waals surface area contributed by atoms with Crippen LogP contribution in [0.1, 0.15) is 12.5 Å². The van der Waals surface area contributed by atoms with E-state index < -0.39 is 18.2 Å². The molecular weight excluding hydrogens is 392 g/mol. The fraction of sp³-hybridized carbons (Fsp3) is 0.435. The summed E-state index contributed by atoms with van der Waals surface area (Å²) in [5, 5.41) is 4.84. The van der Waals surface area contributed by atoms with Crippen LogP contribution in [0.5, 0.6) is 0 Å². The number of amides is 3. The van der Waals surface area contributed by atoms with Crippen molar-refractivity contribution in [2.24, 2.45) is 4.99 Å². The number of nitrogens with one attached hydrogen (secondary N) is 1. The van der Waals surface area contributed by atoms with E-state index in [4.69, 9.17) is 4.99 Å². The maximum Gasteiger partial charge on any atom is 0.325 e. The van der Waals surface area contributed by atoms with Gasteiger partial charge in [-0.25, -0.2) is 9.79 Å². The van der Waals surface area contributed by atoms with Crippen LogP contribution in [0.25, 0.3) is 10.8 Å². The van der Waals surface area contributed by atoms with Crippen molar-refractivity contribution in [1.29, 1.82) is 0 Å². The molecule has 2 aromatic carbocycles. The van der Waals surface area contributed by atoms with E-state index in [0.29, 0.717) is 6.54 Å². The maximum atomic E-state index is 12.9. The molecule has 31 heavy (non-hydrogen) atoms. The van der Waals surface area contributed by atoms with Crippen LogP contribution in [-0.2, 0) is 11.3 Å². The maximum absolute atomic E-state index is 12.9. The third-order valence-electron chi connectivity index (χ3n) is 6.66. The number of fused-ring (bicyclic) bond motifs is 2. The summed E-state index contributed by atoms with van der Waals surface area (Å²) in [5.41, 5.74) is 1.14. The van der Waals surface area contributed by atoms with Crippen molar-refractivity contribution in [1.82, 2.24) is 24.9 Å². The first-order valence-electron chi connectivity index (χ1n) is 10.9. The first-order valence-corrected chi connectivity index (χ1v) is 10.9. The van der Waals surface area contributed by atoms with E-state index in [0.717, 1.165) is 44.2 Å². The molecule has 8 nitrogen and oxygen atoms in total. The number of likely N-dealkylation sites (N-methyl/N-ethyl adjacent to an activating group) is 2. The van der Waals surface area contributed by atoms with Gasteiger partial charge in [-0.05, 0) is 22.9 Å². The van der Waals surface area contributed by atoms with Crippen LogP contribution in [0.4, 0.5) is 4.79 Å². The molecule has 0 aromatic heterocycles. The Labute approximate surface area is 182 Å². The Morgan fingerprint density at radius 1 is 1.03 bits per heavy atom. The van der Waals surface area contributed by atoms with Crippen LogP contribution in [0.15, 0.2) is 47.5 Å². The summed E-state index contributed by atoms with van der Waals surface area (Å²) >= 11 is 0. The summed E-state index contributed by atoms with van der Waals surface area (Å²) in [6, 6.07) is 13.6. The Morgan fingerprint density at radius 3 is 2.55 bits per heavy atom. The molecule has 2 aromatic rings. The largest absolute Gasteiger partial charge is 0.340 e. The highest BCUT2D eigenvalue weighted by molar-refractivity contribution is 6.03. The zero-order chi connectivity index (χ0) is 21.5. The summed E-state index contributed by atoms with van der Waals surface area (Å²) in [6.45, 7) is 7.42. The number of imide groups is 1. The molecule has 1 N–H and O–H groups in total. The fourth-order valence-electron chi connectivity index (χ4n) is 4.82. The molecule has 0 aliphatic carbocycles. The first-order chi connectivity index (χ1) is 15.1. The second-order valence-corrected chi connectivity index (χ2v) is 8.38. The van der Waals surface area contributed by atoms with Gasteiger partial charge in [-0.2, -0.15) is 0 Å². The molecule has 2 fully saturated rings. The van der Waals surface area contributed by atoms with Gasteiger partial charge in [0.25, 0.3) is 5.91 Å². The normalized spacial score (nSPS) is 24.5. The van der Waals surface area contributed by atoms with E-state index in [1.807, 2.05) is 12.1 Å². The lowest BCUT2D eigenvalue weighted by molar-refractivity contribution is -0.127. The monoisotopic (exact) mass is 420 g/mol. The van der Waals surface area contributed by atoms with Gasteiger partial charge in [0, 0.05) is 39.8 Å². The molecule has 3 aliphatic heterocycles. The van der Waals surface area contributed by atoms with E-state index in [-0.39, 0.29) is 5.91 Å². The number of carbonyl (C=O) groups excluding carboxylic acids is 2. The van der Waals surface area contributed by atoms with Gasteiger partial charge in [-0.1, -0.05) is 49.4 Å². The zero-order valence-electron chi connectivity index (χ0n) is 18.0. The number of rotatable bonds is 3. The average molecular weight is 421 g/mol. The summed E-state index contributed by atoms with van der Waals surface area (Å²) in [4.78, 5) is 38.4. The van der Waals surface area contributed by atoms with E-state index >= 15 is 0 Å². The van der Waals surface area contributed by atoms with Crippen molar-refractivity contribution >= 4 is 28.7 Å². The third-order valence-corrected chi connectivity index (χ3v) is 6.66. The minimum Gasteiger partial charge on any atom is -0.340 e. The molecule has 3 amide bonds. The average Bonchev–Trinajstić information content (AvgIpc) is 3.18. The highest BCUT2D eigenvalue weighted by Crippen LogP contribution is 2.29. The number of urea groups is 1. The molecule has 2 saturated heterocycles. The van der Waals surface area contributed by atoms with Crippen molar-refractivity contribution in [3.05, 3.63) is 48.0 Å². The molecule has 0 saturated carbocycles. The minimum absolute atomic E-state index is 0.278. The molecule has 3 aliphatic rings. The second-order valence-electron chi connectivity index (χ2n) is 8.38. The van der Waals surface area contributed by atoms with Gasteiger partial charge in [-0.3, -0.25) is 10.1 Å². The van der Waals surface area contributed by atoms with Gasteiger partial charge in [0.15, 0.2) is 18.2 Å². The van der Waals surface area contributed by atoms with Crippen LogP contribution in [-0.4, -0.2) is 89.5 Å². The second kappa shape index (κ2) is 7.85. The van der Waals surface area contributed by atoms with Crippen molar-refractivity contribution in [2.45, 2.75) is 25.7 Å². The fourth-order valence-corrected chi connectivity index (χ4v) is 4.82. The Morgan fingerprint density at radius 2 is 1.77 bits per heavy atom. The Kier molecular flexibility index (Phi) is 5.02. The van der Waals surface area contributed by atoms with E-state index in [9.17, 15) is 9.59 Å². The van der Waals surface area contributed by atoms with E-state index in [2.05, 4.69) is 57.3 Å². The smallest absolute Gasteiger partial charge is 0.325 e. The first kappa shape index (κ1) is 19.8. The number of nitrogens with zero attached hydrogens (tertiary/aromatic N) is 5. The van der Waals surface area contributed by atoms with Gasteiger partial charge in [-0.15, -0.1) is 0 Å². The lowest BCUT2D eigenvalue weighted by Crippen LogP contribution is -2.64. The molecule has 2 unspecified atom stereocenters. The molecule has 162 valence electrons. The molecule has 2 atom stereocenters. The Balaban J connectivity index is 1.51. The topological polar surface area (TPSA) is 71.5 Å². The summed E-state index contributed by atoms with van der Waals surface area (Å²) in [6.07, 6.45) is -0.504. The van der Waals surface area contributed by atoms with Crippen LogP contribution in [0.3, 0.4) is 0 Å². The molecule has 5 rings (SSSR count). The van der Waals surface area contributed by atoms with Gasteiger partial charge < -0.3 is 19.6 Å². The number of carbonyl (C=O) groups is 2. The summed E-state index contributed by atoms with van der Waals surface area (Å²) < 4.78 is 0. The van der Waals surface area contributed by atoms with Gasteiger partial charge >= 0.3 is 6.03 Å². The van der Waals surface area contributed by atoms with E-state index in [1.54, 1.807) is 7.05 Å². The minimum atomic E-state index is -0.527. The van der Waals surface area contributed by atoms with Gasteiger partial charge in [0.1, 0.15) is 0 Å². The van der Waals surface area contributed by atoms with Crippen LogP contribution in [0.2, 0.25) is 0 Å². The Hall–Kier alpha value is -3.13. The van der Waals surface area contributed by atoms with Gasteiger partial charge in [0.05, 0.1) is 0 Å². The molecular formula is C23H28N6O2. The predicted octanol–water partition coefficient (Wildman–Crippen LogP) is 1.53. The summed E-state index contributed by atoms with van der Waals surface area (Å²) in [7, 11) is 1.71. The van der Waals surface area contributed by atoms with Crippen molar-refractivity contribution < 1.29 is 9.59 Å². The number of hydrogen-bond acceptors (Lipinski definition) is 6. The quantitative estimate of drug-likeness (QED) is 0.815. The molecule has 8 heteroatoms. The lowest BCUT2D eigenvalue weighted by Gasteiger charge is -2.40. The number of hydrogen-bond donors (Lipinski definition) is 1.